The van der Waals surface area contributed by atoms with Gasteiger partial charge in [-0.25, -0.2) is 0 Å². The molecule has 1 aromatic carbocycles. The molecule has 17 heavy (non-hydrogen) atoms. The fourth-order valence-electron chi connectivity index (χ4n) is 1.87. The minimum atomic E-state index is 0.543. The molecule has 0 amide bonds. The van der Waals surface area contributed by atoms with Gasteiger partial charge in [0.1, 0.15) is 0 Å². The molecule has 0 aliphatic carbocycles. The smallest absolute Gasteiger partial charge is 0.242 e. The van der Waals surface area contributed by atoms with E-state index in [1.807, 2.05) is 24.3 Å². The van der Waals surface area contributed by atoms with E-state index in [9.17, 15) is 0 Å². The number of fused-ring (bicyclic) bond motifs is 1. The lowest BCUT2D eigenvalue weighted by atomic mass is 10.1. The lowest BCUT2D eigenvalue weighted by molar-refractivity contribution is 0.398. The summed E-state index contributed by atoms with van der Waals surface area (Å²) in [4.78, 5) is 3.30. The summed E-state index contributed by atoms with van der Waals surface area (Å²) in [6.45, 7) is 0. The van der Waals surface area contributed by atoms with Crippen LogP contribution >= 0.6 is 0 Å². The van der Waals surface area contributed by atoms with Crippen LogP contribution in [0.25, 0.3) is 22.2 Å². The van der Waals surface area contributed by atoms with Gasteiger partial charge in [0.05, 0.1) is 24.2 Å². The average Bonchev–Trinajstić information content (AvgIpc) is 2.83. The van der Waals surface area contributed by atoms with Crippen molar-refractivity contribution in [1.82, 2.24) is 15.2 Å². The van der Waals surface area contributed by atoms with E-state index >= 15 is 0 Å². The maximum Gasteiger partial charge on any atom is 0.242 e. The molecule has 0 bridgehead atoms. The summed E-state index contributed by atoms with van der Waals surface area (Å²) in [7, 11) is 1.60. The lowest BCUT2D eigenvalue weighted by Crippen LogP contribution is -1.89. The van der Waals surface area contributed by atoms with E-state index in [0.29, 0.717) is 5.88 Å². The summed E-state index contributed by atoms with van der Waals surface area (Å²) in [5.74, 6) is 0.543. The molecule has 0 saturated carbocycles. The third-order valence-electron chi connectivity index (χ3n) is 2.69. The van der Waals surface area contributed by atoms with Gasteiger partial charge in [-0.05, 0) is 11.6 Å². The molecule has 2 aromatic heterocycles. The number of nitrogens with zero attached hydrogens (tertiary/aromatic N) is 2. The van der Waals surface area contributed by atoms with Gasteiger partial charge >= 0.3 is 0 Å². The van der Waals surface area contributed by atoms with Crippen LogP contribution in [0.5, 0.6) is 5.88 Å². The van der Waals surface area contributed by atoms with Crippen molar-refractivity contribution in [3.63, 3.8) is 0 Å². The third-order valence-corrected chi connectivity index (χ3v) is 2.69. The molecule has 3 aromatic rings. The second-order valence-electron chi connectivity index (χ2n) is 3.73. The van der Waals surface area contributed by atoms with E-state index in [-0.39, 0.29) is 0 Å². The van der Waals surface area contributed by atoms with Crippen LogP contribution < -0.4 is 4.74 Å². The Labute approximate surface area is 98.3 Å². The largest absolute Gasteiger partial charge is 0.479 e. The maximum absolute atomic E-state index is 5.18. The molecular weight excluding hydrogens is 214 g/mol. The van der Waals surface area contributed by atoms with Crippen LogP contribution in [0.15, 0.2) is 42.6 Å². The van der Waals surface area contributed by atoms with E-state index in [4.69, 9.17) is 4.74 Å². The van der Waals surface area contributed by atoms with Crippen LogP contribution in [0.1, 0.15) is 0 Å². The Kier molecular flexibility index (Phi) is 2.26. The minimum Gasteiger partial charge on any atom is -0.479 e. The number of nitrogens with one attached hydrogen (secondary N) is 1. The van der Waals surface area contributed by atoms with Crippen molar-refractivity contribution in [2.45, 2.75) is 0 Å². The van der Waals surface area contributed by atoms with Crippen molar-refractivity contribution in [1.29, 1.82) is 0 Å². The molecule has 84 valence electrons. The van der Waals surface area contributed by atoms with Gasteiger partial charge in [0.2, 0.25) is 5.88 Å². The minimum absolute atomic E-state index is 0.543. The topological polar surface area (TPSA) is 50.8 Å². The first kappa shape index (κ1) is 9.84. The van der Waals surface area contributed by atoms with E-state index < -0.39 is 0 Å². The Morgan fingerprint density at radius 3 is 2.76 bits per heavy atom. The van der Waals surface area contributed by atoms with Crippen molar-refractivity contribution >= 4 is 10.9 Å². The summed E-state index contributed by atoms with van der Waals surface area (Å²) >= 11 is 0. The van der Waals surface area contributed by atoms with Gasteiger partial charge in [-0.2, -0.15) is 5.10 Å². The highest BCUT2D eigenvalue weighted by Crippen LogP contribution is 2.27. The van der Waals surface area contributed by atoms with Crippen LogP contribution in [0, 0.1) is 0 Å². The zero-order valence-electron chi connectivity index (χ0n) is 9.34. The van der Waals surface area contributed by atoms with Crippen LogP contribution in [-0.4, -0.2) is 22.3 Å². The number of ether oxygens (including phenoxy) is 1. The molecule has 0 aliphatic heterocycles. The average molecular weight is 225 g/mol. The van der Waals surface area contributed by atoms with Crippen LogP contribution in [0.3, 0.4) is 0 Å². The molecule has 1 N–H and O–H groups in total. The summed E-state index contributed by atoms with van der Waals surface area (Å²) in [5, 5.41) is 8.77. The fourth-order valence-corrected chi connectivity index (χ4v) is 1.87. The summed E-state index contributed by atoms with van der Waals surface area (Å²) < 4.78 is 5.18. The lowest BCUT2D eigenvalue weighted by Gasteiger charge is -1.96. The molecule has 0 unspecified atom stereocenters. The fraction of sp³-hybridized carbons (Fsp3) is 0.0769. The maximum atomic E-state index is 5.18. The molecule has 0 radical (unpaired) electrons. The molecule has 4 nitrogen and oxygen atoms in total. The first-order chi connectivity index (χ1) is 8.38. The third kappa shape index (κ3) is 1.63. The summed E-state index contributed by atoms with van der Waals surface area (Å²) in [6.07, 6.45) is 1.70. The molecule has 4 heteroatoms. The van der Waals surface area contributed by atoms with Crippen molar-refractivity contribution in [3.8, 4) is 17.1 Å². The van der Waals surface area contributed by atoms with Crippen molar-refractivity contribution < 1.29 is 4.74 Å². The molecule has 2 heterocycles. The first-order valence-electron chi connectivity index (χ1n) is 5.32. The number of rotatable bonds is 2. The second-order valence-corrected chi connectivity index (χ2v) is 3.73. The molecule has 0 saturated heterocycles. The number of hydrogen-bond acceptors (Lipinski definition) is 3. The summed E-state index contributed by atoms with van der Waals surface area (Å²) in [6, 6.07) is 12.1. The number of hydrogen-bond donors (Lipinski definition) is 1. The Hall–Kier alpha value is -2.36. The SMILES string of the molecule is COc1nncc2[nH]c(-c3ccccc3)cc12. The monoisotopic (exact) mass is 225 g/mol. The van der Waals surface area contributed by atoms with Crippen LogP contribution in [0.4, 0.5) is 0 Å². The van der Waals surface area contributed by atoms with Gasteiger partial charge in [-0.3, -0.25) is 0 Å². The highest BCUT2D eigenvalue weighted by molar-refractivity contribution is 5.88. The zero-order chi connectivity index (χ0) is 11.7. The van der Waals surface area contributed by atoms with Gasteiger partial charge in [-0.1, -0.05) is 30.3 Å². The van der Waals surface area contributed by atoms with Crippen molar-refractivity contribution in [2.24, 2.45) is 0 Å². The standard InChI is InChI=1S/C13H11N3O/c1-17-13-10-7-11(9-5-3-2-4-6-9)15-12(10)8-14-16-13/h2-8,15H,1H3. The van der Waals surface area contributed by atoms with Crippen LogP contribution in [0.2, 0.25) is 0 Å². The van der Waals surface area contributed by atoms with Crippen molar-refractivity contribution in [3.05, 3.63) is 42.6 Å². The molecule has 0 aliphatic rings. The van der Waals surface area contributed by atoms with E-state index in [2.05, 4.69) is 27.3 Å². The van der Waals surface area contributed by atoms with Gasteiger partial charge in [-0.15, -0.1) is 5.10 Å². The number of aromatic amines is 1. The Bertz CT molecular complexity index is 646. The molecule has 0 fully saturated rings. The number of H-pyrrole nitrogens is 1. The Balaban J connectivity index is 2.20. The molecule has 0 atom stereocenters. The van der Waals surface area contributed by atoms with Gasteiger partial charge < -0.3 is 9.72 Å². The van der Waals surface area contributed by atoms with E-state index in [0.717, 1.165) is 22.2 Å². The highest BCUT2D eigenvalue weighted by Gasteiger charge is 2.08. The highest BCUT2D eigenvalue weighted by atomic mass is 16.5. The van der Waals surface area contributed by atoms with Gasteiger partial charge in [0, 0.05) is 5.69 Å². The predicted molar refractivity (Wildman–Crippen MR) is 65.9 cm³/mol. The van der Waals surface area contributed by atoms with Gasteiger partial charge in [0.15, 0.2) is 0 Å². The molecular formula is C13H11N3O. The molecule has 0 spiro atoms. The summed E-state index contributed by atoms with van der Waals surface area (Å²) in [5.41, 5.74) is 3.09. The number of aromatic nitrogens is 3. The van der Waals surface area contributed by atoms with Crippen molar-refractivity contribution in [2.75, 3.05) is 7.11 Å². The molecule has 3 rings (SSSR count). The second kappa shape index (κ2) is 3.90. The number of benzene rings is 1. The predicted octanol–water partition coefficient (Wildman–Crippen LogP) is 2.63. The van der Waals surface area contributed by atoms with Gasteiger partial charge in [0.25, 0.3) is 0 Å². The Morgan fingerprint density at radius 1 is 1.18 bits per heavy atom. The normalized spacial score (nSPS) is 10.6. The quantitative estimate of drug-likeness (QED) is 0.729. The van der Waals surface area contributed by atoms with Crippen LogP contribution in [-0.2, 0) is 0 Å². The Morgan fingerprint density at radius 2 is 2.00 bits per heavy atom. The van der Waals surface area contributed by atoms with E-state index in [1.165, 1.54) is 0 Å². The zero-order valence-corrected chi connectivity index (χ0v) is 9.34. The number of methoxy groups -OCH3 is 1. The van der Waals surface area contributed by atoms with E-state index in [1.54, 1.807) is 13.3 Å². The first-order valence-corrected chi connectivity index (χ1v) is 5.32.